The molecule has 0 saturated heterocycles. The summed E-state index contributed by atoms with van der Waals surface area (Å²) in [5.41, 5.74) is 2.17. The number of sulfonamides is 1. The van der Waals surface area contributed by atoms with Gasteiger partial charge in [0.1, 0.15) is 10.7 Å². The number of anilines is 2. The SMILES string of the molecule is CCc1ccccc1Nc1ccc(S(=O)(=O)N(C)C)cn1. The van der Waals surface area contributed by atoms with E-state index >= 15 is 0 Å². The number of aromatic nitrogens is 1. The average Bonchev–Trinajstić information content (AvgIpc) is 2.48. The summed E-state index contributed by atoms with van der Waals surface area (Å²) in [6, 6.07) is 11.2. The number of nitrogens with one attached hydrogen (secondary N) is 1. The highest BCUT2D eigenvalue weighted by atomic mass is 32.2. The molecule has 1 aromatic carbocycles. The first-order valence-electron chi connectivity index (χ1n) is 6.68. The Labute approximate surface area is 125 Å². The number of para-hydroxylation sites is 1. The Morgan fingerprint density at radius 2 is 1.86 bits per heavy atom. The van der Waals surface area contributed by atoms with Crippen molar-refractivity contribution in [1.29, 1.82) is 0 Å². The molecule has 2 rings (SSSR count). The number of hydrogen-bond donors (Lipinski definition) is 1. The van der Waals surface area contributed by atoms with Crippen molar-refractivity contribution in [1.82, 2.24) is 9.29 Å². The Kier molecular flexibility index (Phi) is 4.59. The molecule has 0 fully saturated rings. The molecule has 2 aromatic rings. The predicted molar refractivity (Wildman–Crippen MR) is 84.2 cm³/mol. The quantitative estimate of drug-likeness (QED) is 0.922. The van der Waals surface area contributed by atoms with E-state index in [2.05, 4.69) is 17.2 Å². The molecule has 0 amide bonds. The molecule has 0 unspecified atom stereocenters. The lowest BCUT2D eigenvalue weighted by Gasteiger charge is -2.12. The van der Waals surface area contributed by atoms with Crippen LogP contribution in [0.15, 0.2) is 47.5 Å². The van der Waals surface area contributed by atoms with E-state index in [1.165, 1.54) is 30.2 Å². The maximum atomic E-state index is 12.0. The minimum Gasteiger partial charge on any atom is -0.340 e. The van der Waals surface area contributed by atoms with Crippen molar-refractivity contribution in [2.24, 2.45) is 0 Å². The van der Waals surface area contributed by atoms with E-state index in [0.29, 0.717) is 5.82 Å². The summed E-state index contributed by atoms with van der Waals surface area (Å²) in [7, 11) is -0.438. The first-order valence-corrected chi connectivity index (χ1v) is 8.12. The van der Waals surface area contributed by atoms with Crippen LogP contribution in [0, 0.1) is 0 Å². The van der Waals surface area contributed by atoms with Gasteiger partial charge < -0.3 is 5.32 Å². The second-order valence-electron chi connectivity index (χ2n) is 4.80. The Bertz CT molecular complexity index is 710. The zero-order valence-corrected chi connectivity index (χ0v) is 13.2. The van der Waals surface area contributed by atoms with Gasteiger partial charge in [-0.2, -0.15) is 0 Å². The van der Waals surface area contributed by atoms with Gasteiger partial charge in [0, 0.05) is 26.0 Å². The number of pyridine rings is 1. The average molecular weight is 305 g/mol. The van der Waals surface area contributed by atoms with Crippen LogP contribution in [-0.2, 0) is 16.4 Å². The van der Waals surface area contributed by atoms with Gasteiger partial charge >= 0.3 is 0 Å². The zero-order valence-electron chi connectivity index (χ0n) is 12.4. The summed E-state index contributed by atoms with van der Waals surface area (Å²) in [6.07, 6.45) is 2.28. The van der Waals surface area contributed by atoms with Crippen LogP contribution in [0.5, 0.6) is 0 Å². The van der Waals surface area contributed by atoms with E-state index in [4.69, 9.17) is 0 Å². The van der Waals surface area contributed by atoms with E-state index < -0.39 is 10.0 Å². The smallest absolute Gasteiger partial charge is 0.244 e. The molecule has 0 radical (unpaired) electrons. The van der Waals surface area contributed by atoms with Gasteiger partial charge in [-0.3, -0.25) is 0 Å². The fraction of sp³-hybridized carbons (Fsp3) is 0.267. The highest BCUT2D eigenvalue weighted by Crippen LogP contribution is 2.21. The topological polar surface area (TPSA) is 62.3 Å². The largest absolute Gasteiger partial charge is 0.340 e. The Morgan fingerprint density at radius 3 is 2.43 bits per heavy atom. The summed E-state index contributed by atoms with van der Waals surface area (Å²) in [5.74, 6) is 0.619. The van der Waals surface area contributed by atoms with Crippen LogP contribution in [-0.4, -0.2) is 31.8 Å². The number of hydrogen-bond acceptors (Lipinski definition) is 4. The number of nitrogens with zero attached hydrogens (tertiary/aromatic N) is 2. The molecule has 5 nitrogen and oxygen atoms in total. The highest BCUT2D eigenvalue weighted by Gasteiger charge is 2.17. The lowest BCUT2D eigenvalue weighted by molar-refractivity contribution is 0.520. The van der Waals surface area contributed by atoms with Gasteiger partial charge in [0.15, 0.2) is 0 Å². The number of benzene rings is 1. The first kappa shape index (κ1) is 15.5. The molecule has 1 aromatic heterocycles. The lowest BCUT2D eigenvalue weighted by atomic mass is 10.1. The van der Waals surface area contributed by atoms with Crippen LogP contribution in [0.3, 0.4) is 0 Å². The van der Waals surface area contributed by atoms with Crippen LogP contribution in [0.4, 0.5) is 11.5 Å². The fourth-order valence-corrected chi connectivity index (χ4v) is 2.75. The van der Waals surface area contributed by atoms with Gasteiger partial charge in [-0.05, 0) is 30.2 Å². The van der Waals surface area contributed by atoms with E-state index in [1.807, 2.05) is 24.3 Å². The molecule has 0 spiro atoms. The molecule has 0 aliphatic rings. The predicted octanol–water partition coefficient (Wildman–Crippen LogP) is 2.64. The summed E-state index contributed by atoms with van der Waals surface area (Å²) < 4.78 is 25.1. The van der Waals surface area contributed by atoms with Crippen molar-refractivity contribution in [2.45, 2.75) is 18.2 Å². The molecular formula is C15H19N3O2S. The summed E-state index contributed by atoms with van der Waals surface area (Å²) in [6.45, 7) is 2.08. The van der Waals surface area contributed by atoms with Crippen molar-refractivity contribution in [3.63, 3.8) is 0 Å². The fourth-order valence-electron chi connectivity index (χ4n) is 1.91. The Hall–Kier alpha value is -1.92. The summed E-state index contributed by atoms with van der Waals surface area (Å²) in [5, 5.41) is 3.21. The van der Waals surface area contributed by atoms with Crippen LogP contribution in [0.2, 0.25) is 0 Å². The highest BCUT2D eigenvalue weighted by molar-refractivity contribution is 7.89. The van der Waals surface area contributed by atoms with Crippen molar-refractivity contribution in [3.05, 3.63) is 48.2 Å². The molecular weight excluding hydrogens is 286 g/mol. The lowest BCUT2D eigenvalue weighted by Crippen LogP contribution is -2.22. The van der Waals surface area contributed by atoms with E-state index in [9.17, 15) is 8.42 Å². The maximum absolute atomic E-state index is 12.0. The van der Waals surface area contributed by atoms with Gasteiger partial charge in [0.25, 0.3) is 0 Å². The van der Waals surface area contributed by atoms with Crippen LogP contribution in [0.25, 0.3) is 0 Å². The normalized spacial score (nSPS) is 11.6. The molecule has 6 heteroatoms. The van der Waals surface area contributed by atoms with Crippen LogP contribution < -0.4 is 5.32 Å². The van der Waals surface area contributed by atoms with Gasteiger partial charge in [0.2, 0.25) is 10.0 Å². The second-order valence-corrected chi connectivity index (χ2v) is 6.95. The molecule has 0 saturated carbocycles. The molecule has 0 bridgehead atoms. The van der Waals surface area contributed by atoms with E-state index in [0.717, 1.165) is 12.1 Å². The first-order chi connectivity index (χ1) is 9.95. The third kappa shape index (κ3) is 3.40. The molecule has 0 aliphatic heterocycles. The molecule has 112 valence electrons. The summed E-state index contributed by atoms with van der Waals surface area (Å²) in [4.78, 5) is 4.36. The van der Waals surface area contributed by atoms with Crippen molar-refractivity contribution >= 4 is 21.5 Å². The van der Waals surface area contributed by atoms with E-state index in [1.54, 1.807) is 12.1 Å². The molecule has 21 heavy (non-hydrogen) atoms. The third-order valence-corrected chi connectivity index (χ3v) is 4.97. The third-order valence-electron chi connectivity index (χ3n) is 3.18. The second kappa shape index (κ2) is 6.24. The Morgan fingerprint density at radius 1 is 1.14 bits per heavy atom. The molecule has 1 heterocycles. The monoisotopic (exact) mass is 305 g/mol. The van der Waals surface area contributed by atoms with Crippen LogP contribution >= 0.6 is 0 Å². The Balaban J connectivity index is 2.24. The molecule has 1 N–H and O–H groups in total. The van der Waals surface area contributed by atoms with E-state index in [-0.39, 0.29) is 4.90 Å². The summed E-state index contributed by atoms with van der Waals surface area (Å²) >= 11 is 0. The maximum Gasteiger partial charge on any atom is 0.244 e. The number of rotatable bonds is 5. The van der Waals surface area contributed by atoms with Gasteiger partial charge in [-0.1, -0.05) is 25.1 Å². The van der Waals surface area contributed by atoms with Gasteiger partial charge in [-0.25, -0.2) is 17.7 Å². The molecule has 0 atom stereocenters. The number of aryl methyl sites for hydroxylation is 1. The van der Waals surface area contributed by atoms with Gasteiger partial charge in [-0.15, -0.1) is 0 Å². The van der Waals surface area contributed by atoms with Crippen molar-refractivity contribution in [3.8, 4) is 0 Å². The zero-order chi connectivity index (χ0) is 15.5. The van der Waals surface area contributed by atoms with Crippen molar-refractivity contribution < 1.29 is 8.42 Å². The van der Waals surface area contributed by atoms with Crippen LogP contribution in [0.1, 0.15) is 12.5 Å². The minimum atomic E-state index is -3.44. The van der Waals surface area contributed by atoms with Gasteiger partial charge in [0.05, 0.1) is 0 Å². The molecule has 0 aliphatic carbocycles. The van der Waals surface area contributed by atoms with Crippen molar-refractivity contribution in [2.75, 3.05) is 19.4 Å². The standard InChI is InChI=1S/C15H19N3O2S/c1-4-12-7-5-6-8-14(12)17-15-10-9-13(11-16-15)21(19,20)18(2)3/h5-11H,4H2,1-3H3,(H,16,17). The minimum absolute atomic E-state index is 0.182.